The molecule has 1 rings (SSSR count). The van der Waals surface area contributed by atoms with Crippen LogP contribution in [-0.4, -0.2) is 28.2 Å². The van der Waals surface area contributed by atoms with Gasteiger partial charge in [-0.15, -0.1) is 4.91 Å². The number of carboxylic acid groups (broad SMARTS) is 1. The average Bonchev–Trinajstić information content (AvgIpc) is 2.16. The van der Waals surface area contributed by atoms with E-state index in [1.54, 1.807) is 0 Å². The van der Waals surface area contributed by atoms with Gasteiger partial charge in [0.05, 0.1) is 17.2 Å². The van der Waals surface area contributed by atoms with Crippen molar-refractivity contribution >= 4 is 5.97 Å². The van der Waals surface area contributed by atoms with Gasteiger partial charge in [-0.3, -0.25) is 9.80 Å². The maximum atomic E-state index is 11.1. The molecule has 86 valence electrons. The molecular weight excluding hydrogens is 196 g/mol. The number of hydrogen-bond acceptors (Lipinski definition) is 3. The second-order valence-corrected chi connectivity index (χ2v) is 4.57. The molecule has 0 aromatic carbocycles. The Kier molecular flexibility index (Phi) is 3.66. The Bertz CT molecular complexity index is 253. The highest BCUT2D eigenvalue weighted by atomic mass is 16.4. The van der Waals surface area contributed by atoms with Crippen molar-refractivity contribution in [1.29, 1.82) is 0 Å². The topological polar surface area (TPSA) is 70.0 Å². The highest BCUT2D eigenvalue weighted by Gasteiger charge is 2.41. The Balaban J connectivity index is 2.92. The van der Waals surface area contributed by atoms with Crippen LogP contribution in [0.25, 0.3) is 0 Å². The first-order valence-corrected chi connectivity index (χ1v) is 5.33. The summed E-state index contributed by atoms with van der Waals surface area (Å²) >= 11 is 0. The molecule has 1 aliphatic rings. The predicted octanol–water partition coefficient (Wildman–Crippen LogP) is 1.88. The maximum Gasteiger partial charge on any atom is 0.308 e. The fourth-order valence-corrected chi connectivity index (χ4v) is 2.38. The van der Waals surface area contributed by atoms with Gasteiger partial charge in [-0.1, -0.05) is 13.8 Å². The minimum Gasteiger partial charge on any atom is -0.481 e. The zero-order valence-electron chi connectivity index (χ0n) is 9.38. The molecule has 1 aliphatic heterocycles. The highest BCUT2D eigenvalue weighted by Crippen LogP contribution is 2.32. The van der Waals surface area contributed by atoms with Crippen LogP contribution in [0.2, 0.25) is 0 Å². The van der Waals surface area contributed by atoms with E-state index in [-0.39, 0.29) is 18.0 Å². The quantitative estimate of drug-likeness (QED) is 0.728. The number of carbonyl (C=O) groups is 1. The van der Waals surface area contributed by atoms with Crippen molar-refractivity contribution in [3.8, 4) is 0 Å². The summed E-state index contributed by atoms with van der Waals surface area (Å²) in [7, 11) is 0. The van der Waals surface area contributed by atoms with E-state index in [0.29, 0.717) is 12.8 Å². The zero-order valence-corrected chi connectivity index (χ0v) is 9.38. The summed E-state index contributed by atoms with van der Waals surface area (Å²) in [5, 5.41) is 13.5. The van der Waals surface area contributed by atoms with Crippen LogP contribution in [0, 0.1) is 16.7 Å². The van der Waals surface area contributed by atoms with Crippen LogP contribution >= 0.6 is 0 Å². The summed E-state index contributed by atoms with van der Waals surface area (Å²) in [6.45, 7) is 5.77. The Labute approximate surface area is 89.4 Å². The summed E-state index contributed by atoms with van der Waals surface area (Å²) in [5.41, 5.74) is 0. The summed E-state index contributed by atoms with van der Waals surface area (Å²) in [4.78, 5) is 21.8. The normalized spacial score (nSPS) is 31.7. The van der Waals surface area contributed by atoms with Gasteiger partial charge in [-0.2, -0.15) is 0 Å². The Morgan fingerprint density at radius 1 is 1.47 bits per heavy atom. The van der Waals surface area contributed by atoms with Gasteiger partial charge in [0, 0.05) is 6.04 Å². The molecule has 0 radical (unpaired) electrons. The van der Waals surface area contributed by atoms with E-state index in [0.717, 1.165) is 0 Å². The van der Waals surface area contributed by atoms with Gasteiger partial charge < -0.3 is 5.11 Å². The third kappa shape index (κ3) is 2.27. The number of nitrogens with zero attached hydrogens (tertiary/aromatic N) is 2. The third-order valence-corrected chi connectivity index (χ3v) is 3.16. The standard InChI is InChI=1S/C10H18N2O3/c1-6(2)9-8(10(13)14)5-4-7(3)12(9)11-15/h6-9H,4-5H2,1-3H3,(H,13,14). The second kappa shape index (κ2) is 4.59. The SMILES string of the molecule is CC(C)C1C(C(=O)O)CCC(C)N1N=O. The largest absolute Gasteiger partial charge is 0.481 e. The first-order chi connectivity index (χ1) is 6.99. The molecule has 0 aromatic heterocycles. The number of rotatable bonds is 3. The van der Waals surface area contributed by atoms with Gasteiger partial charge in [-0.05, 0) is 25.7 Å². The average molecular weight is 214 g/mol. The first-order valence-electron chi connectivity index (χ1n) is 5.33. The van der Waals surface area contributed by atoms with Gasteiger partial charge in [0.2, 0.25) is 0 Å². The molecular formula is C10H18N2O3. The highest BCUT2D eigenvalue weighted by molar-refractivity contribution is 5.71. The minimum absolute atomic E-state index is 0.0468. The van der Waals surface area contributed by atoms with Crippen LogP contribution in [0.4, 0.5) is 0 Å². The van der Waals surface area contributed by atoms with E-state index >= 15 is 0 Å². The lowest BCUT2D eigenvalue weighted by Crippen LogP contribution is -2.51. The molecule has 5 heteroatoms. The summed E-state index contributed by atoms with van der Waals surface area (Å²) < 4.78 is 0. The molecule has 0 bridgehead atoms. The molecule has 0 amide bonds. The molecule has 0 aromatic rings. The fraction of sp³-hybridized carbons (Fsp3) is 0.900. The van der Waals surface area contributed by atoms with Crippen LogP contribution in [0.15, 0.2) is 5.29 Å². The number of aliphatic carboxylic acids is 1. The predicted molar refractivity (Wildman–Crippen MR) is 56.1 cm³/mol. The molecule has 0 saturated carbocycles. The second-order valence-electron chi connectivity index (χ2n) is 4.57. The van der Waals surface area contributed by atoms with Crippen molar-refractivity contribution in [1.82, 2.24) is 5.01 Å². The molecule has 0 spiro atoms. The van der Waals surface area contributed by atoms with E-state index in [9.17, 15) is 9.70 Å². The first kappa shape index (κ1) is 11.9. The van der Waals surface area contributed by atoms with Crippen LogP contribution in [-0.2, 0) is 4.79 Å². The molecule has 3 atom stereocenters. The van der Waals surface area contributed by atoms with Crippen LogP contribution in [0.5, 0.6) is 0 Å². The number of nitroso groups, excluding NO2 is 1. The lowest BCUT2D eigenvalue weighted by Gasteiger charge is -2.41. The lowest BCUT2D eigenvalue weighted by atomic mass is 9.81. The van der Waals surface area contributed by atoms with E-state index < -0.39 is 11.9 Å². The monoisotopic (exact) mass is 214 g/mol. The van der Waals surface area contributed by atoms with Gasteiger partial charge in [0.25, 0.3) is 0 Å². The van der Waals surface area contributed by atoms with Crippen LogP contribution in [0.3, 0.4) is 0 Å². The van der Waals surface area contributed by atoms with Crippen molar-refractivity contribution in [2.45, 2.75) is 45.7 Å². The zero-order chi connectivity index (χ0) is 11.6. The lowest BCUT2D eigenvalue weighted by molar-refractivity contribution is -0.148. The summed E-state index contributed by atoms with van der Waals surface area (Å²) in [6.07, 6.45) is 1.34. The number of piperidine rings is 1. The smallest absolute Gasteiger partial charge is 0.308 e. The van der Waals surface area contributed by atoms with Gasteiger partial charge in [-0.25, -0.2) is 0 Å². The van der Waals surface area contributed by atoms with E-state index in [1.807, 2.05) is 20.8 Å². The van der Waals surface area contributed by atoms with Gasteiger partial charge in [0.15, 0.2) is 0 Å². The molecule has 3 unspecified atom stereocenters. The molecule has 1 saturated heterocycles. The molecule has 1 N–H and O–H groups in total. The molecule has 0 aliphatic carbocycles. The third-order valence-electron chi connectivity index (χ3n) is 3.16. The molecule has 5 nitrogen and oxygen atoms in total. The number of hydrogen-bond donors (Lipinski definition) is 1. The Hall–Kier alpha value is -1.13. The van der Waals surface area contributed by atoms with Crippen molar-refractivity contribution < 1.29 is 9.90 Å². The van der Waals surface area contributed by atoms with E-state index in [4.69, 9.17) is 5.11 Å². The van der Waals surface area contributed by atoms with Crippen molar-refractivity contribution in [3.05, 3.63) is 4.91 Å². The van der Waals surface area contributed by atoms with Crippen molar-refractivity contribution in [2.75, 3.05) is 0 Å². The maximum absolute atomic E-state index is 11.1. The Morgan fingerprint density at radius 2 is 2.07 bits per heavy atom. The van der Waals surface area contributed by atoms with Crippen LogP contribution < -0.4 is 0 Å². The molecule has 1 fully saturated rings. The fourth-order valence-electron chi connectivity index (χ4n) is 2.38. The van der Waals surface area contributed by atoms with E-state index in [2.05, 4.69) is 5.29 Å². The van der Waals surface area contributed by atoms with E-state index in [1.165, 1.54) is 5.01 Å². The van der Waals surface area contributed by atoms with Gasteiger partial charge >= 0.3 is 5.97 Å². The molecule has 1 heterocycles. The number of carboxylic acids is 1. The van der Waals surface area contributed by atoms with Gasteiger partial charge in [0.1, 0.15) is 0 Å². The van der Waals surface area contributed by atoms with Crippen molar-refractivity contribution in [3.63, 3.8) is 0 Å². The Morgan fingerprint density at radius 3 is 2.47 bits per heavy atom. The summed E-state index contributed by atoms with van der Waals surface area (Å²) in [5.74, 6) is -1.18. The molecule has 15 heavy (non-hydrogen) atoms. The van der Waals surface area contributed by atoms with Crippen molar-refractivity contribution in [2.24, 2.45) is 17.1 Å². The van der Waals surface area contributed by atoms with Crippen LogP contribution in [0.1, 0.15) is 33.6 Å². The summed E-state index contributed by atoms with van der Waals surface area (Å²) in [6, 6.07) is -0.228. The minimum atomic E-state index is -0.825.